The second-order valence-electron chi connectivity index (χ2n) is 4.61. The van der Waals surface area contributed by atoms with E-state index in [0.29, 0.717) is 30.0 Å². The van der Waals surface area contributed by atoms with Gasteiger partial charge in [0.1, 0.15) is 10.4 Å². The van der Waals surface area contributed by atoms with E-state index in [0.717, 1.165) is 11.3 Å². The van der Waals surface area contributed by atoms with Gasteiger partial charge in [0, 0.05) is 6.42 Å². The number of carboxylic acids is 1. The molecule has 1 heterocycles. The van der Waals surface area contributed by atoms with Crippen LogP contribution in [0.1, 0.15) is 22.5 Å². The quantitative estimate of drug-likeness (QED) is 0.598. The molecule has 0 fully saturated rings. The van der Waals surface area contributed by atoms with Crippen LogP contribution in [-0.4, -0.2) is 29.3 Å². The largest absolute Gasteiger partial charge is 0.493 e. The number of carbonyl (C=O) groups is 1. The van der Waals surface area contributed by atoms with Crippen LogP contribution >= 0.6 is 15.9 Å². The molecule has 0 amide bonds. The summed E-state index contributed by atoms with van der Waals surface area (Å²) in [5, 5.41) is 9.18. The maximum atomic E-state index is 11.2. The van der Waals surface area contributed by atoms with Gasteiger partial charge < -0.3 is 14.6 Å². The molecule has 0 aliphatic rings. The molecule has 2 aromatic rings. The number of rotatable bonds is 7. The molecular formula is C16H16BrNO4. The zero-order chi connectivity index (χ0) is 15.9. The zero-order valence-electron chi connectivity index (χ0n) is 12.1. The van der Waals surface area contributed by atoms with Crippen molar-refractivity contribution in [3.05, 3.63) is 52.3 Å². The number of aryl methyl sites for hydroxylation is 1. The van der Waals surface area contributed by atoms with Crippen LogP contribution in [0.3, 0.4) is 0 Å². The number of carboxylic acid groups (broad SMARTS) is 1. The molecule has 1 aromatic heterocycles. The van der Waals surface area contributed by atoms with Crippen molar-refractivity contribution in [3.63, 3.8) is 0 Å². The van der Waals surface area contributed by atoms with Gasteiger partial charge in [-0.25, -0.2) is 9.78 Å². The number of para-hydroxylation sites is 1. The summed E-state index contributed by atoms with van der Waals surface area (Å²) < 4.78 is 11.6. The molecule has 0 saturated carbocycles. The van der Waals surface area contributed by atoms with Crippen molar-refractivity contribution in [1.82, 2.24) is 4.98 Å². The molecule has 6 heteroatoms. The van der Waals surface area contributed by atoms with Crippen LogP contribution in [0, 0.1) is 6.92 Å². The highest BCUT2D eigenvalue weighted by Crippen LogP contribution is 2.25. The molecular weight excluding hydrogens is 350 g/mol. The third kappa shape index (κ3) is 4.46. The molecule has 116 valence electrons. The Labute approximate surface area is 137 Å². The first-order valence-electron chi connectivity index (χ1n) is 6.79. The van der Waals surface area contributed by atoms with Crippen molar-refractivity contribution in [1.29, 1.82) is 0 Å². The van der Waals surface area contributed by atoms with E-state index < -0.39 is 5.97 Å². The van der Waals surface area contributed by atoms with Crippen LogP contribution in [0.4, 0.5) is 0 Å². The average molecular weight is 366 g/mol. The molecule has 0 spiro atoms. The van der Waals surface area contributed by atoms with Gasteiger partial charge in [0.15, 0.2) is 11.4 Å². The Morgan fingerprint density at radius 2 is 1.91 bits per heavy atom. The number of ether oxygens (including phenoxy) is 2. The highest BCUT2D eigenvalue weighted by Gasteiger charge is 2.17. The Balaban J connectivity index is 1.88. The van der Waals surface area contributed by atoms with Crippen molar-refractivity contribution in [2.45, 2.75) is 13.3 Å². The van der Waals surface area contributed by atoms with E-state index in [1.165, 1.54) is 0 Å². The fourth-order valence-electron chi connectivity index (χ4n) is 1.89. The monoisotopic (exact) mass is 365 g/mol. The lowest BCUT2D eigenvalue weighted by Gasteiger charge is -2.12. The Morgan fingerprint density at radius 1 is 1.23 bits per heavy atom. The van der Waals surface area contributed by atoms with E-state index in [-0.39, 0.29) is 5.69 Å². The second kappa shape index (κ2) is 7.79. The van der Waals surface area contributed by atoms with E-state index in [2.05, 4.69) is 20.9 Å². The lowest BCUT2D eigenvalue weighted by atomic mass is 10.2. The van der Waals surface area contributed by atoms with Gasteiger partial charge in [-0.1, -0.05) is 18.2 Å². The Morgan fingerprint density at radius 3 is 2.59 bits per heavy atom. The Hall–Kier alpha value is -2.08. The third-order valence-electron chi connectivity index (χ3n) is 2.88. The first kappa shape index (κ1) is 16.3. The molecule has 2 rings (SSSR count). The molecule has 0 aliphatic carbocycles. The number of nitrogens with zero attached hydrogens (tertiary/aromatic N) is 1. The summed E-state index contributed by atoms with van der Waals surface area (Å²) in [6.07, 6.45) is 0.642. The minimum Gasteiger partial charge on any atom is -0.493 e. The van der Waals surface area contributed by atoms with Gasteiger partial charge in [-0.15, -0.1) is 0 Å². The van der Waals surface area contributed by atoms with E-state index in [9.17, 15) is 9.90 Å². The van der Waals surface area contributed by atoms with Gasteiger partial charge in [0.25, 0.3) is 0 Å². The van der Waals surface area contributed by atoms with Crippen LogP contribution in [0.15, 0.2) is 41.0 Å². The van der Waals surface area contributed by atoms with Crippen LogP contribution in [-0.2, 0) is 0 Å². The molecule has 0 radical (unpaired) electrons. The number of hydrogen-bond acceptors (Lipinski definition) is 4. The topological polar surface area (TPSA) is 68.7 Å². The number of aromatic carboxylic acids is 1. The maximum absolute atomic E-state index is 11.2. The second-order valence-corrected chi connectivity index (χ2v) is 5.42. The van der Waals surface area contributed by atoms with Crippen molar-refractivity contribution >= 4 is 21.9 Å². The Kier molecular flexibility index (Phi) is 5.77. The number of hydrogen-bond donors (Lipinski definition) is 1. The van der Waals surface area contributed by atoms with E-state index in [4.69, 9.17) is 9.47 Å². The predicted molar refractivity (Wildman–Crippen MR) is 85.7 cm³/mol. The lowest BCUT2D eigenvalue weighted by Crippen LogP contribution is -2.10. The summed E-state index contributed by atoms with van der Waals surface area (Å²) in [6, 6.07) is 11.2. The van der Waals surface area contributed by atoms with Crippen molar-refractivity contribution < 1.29 is 19.4 Å². The fraction of sp³-hybridized carbons (Fsp3) is 0.250. The van der Waals surface area contributed by atoms with Crippen molar-refractivity contribution in [2.24, 2.45) is 0 Å². The van der Waals surface area contributed by atoms with E-state index in [1.807, 2.05) is 30.3 Å². The van der Waals surface area contributed by atoms with Gasteiger partial charge in [-0.2, -0.15) is 0 Å². The van der Waals surface area contributed by atoms with Crippen molar-refractivity contribution in [3.8, 4) is 11.5 Å². The highest BCUT2D eigenvalue weighted by molar-refractivity contribution is 9.10. The van der Waals surface area contributed by atoms with Crippen LogP contribution < -0.4 is 9.47 Å². The summed E-state index contributed by atoms with van der Waals surface area (Å²) in [6.45, 7) is 2.64. The van der Waals surface area contributed by atoms with Crippen LogP contribution in [0.25, 0.3) is 0 Å². The Bertz CT molecular complexity index is 646. The van der Waals surface area contributed by atoms with E-state index in [1.54, 1.807) is 13.0 Å². The predicted octanol–water partition coefficient (Wildman–Crippen LogP) is 3.70. The van der Waals surface area contributed by atoms with Gasteiger partial charge in [-0.05, 0) is 46.6 Å². The zero-order valence-corrected chi connectivity index (χ0v) is 13.7. The highest BCUT2D eigenvalue weighted by atomic mass is 79.9. The minimum atomic E-state index is -1.11. The van der Waals surface area contributed by atoms with Gasteiger partial charge in [0.05, 0.1) is 13.2 Å². The lowest BCUT2D eigenvalue weighted by molar-refractivity contribution is 0.0684. The summed E-state index contributed by atoms with van der Waals surface area (Å²) in [5.74, 6) is -0.00874. The molecule has 5 nitrogen and oxygen atoms in total. The molecule has 1 aromatic carbocycles. The molecule has 0 unspecified atom stereocenters. The molecule has 0 bridgehead atoms. The number of aromatic nitrogens is 1. The molecule has 0 atom stereocenters. The molecule has 22 heavy (non-hydrogen) atoms. The normalized spacial score (nSPS) is 10.3. The number of pyridine rings is 1. The molecule has 0 aliphatic heterocycles. The SMILES string of the molecule is Cc1cc(Br)nc(C(=O)O)c1OCCCOc1ccccc1. The summed E-state index contributed by atoms with van der Waals surface area (Å²) in [5.41, 5.74) is 0.638. The smallest absolute Gasteiger partial charge is 0.358 e. The van der Waals surface area contributed by atoms with Crippen LogP contribution in [0.5, 0.6) is 11.5 Å². The average Bonchev–Trinajstić information content (AvgIpc) is 2.49. The van der Waals surface area contributed by atoms with Gasteiger partial charge >= 0.3 is 5.97 Å². The van der Waals surface area contributed by atoms with Gasteiger partial charge in [0.2, 0.25) is 0 Å². The standard InChI is InChI=1S/C16H16BrNO4/c1-11-10-13(17)18-14(16(19)20)15(11)22-9-5-8-21-12-6-3-2-4-7-12/h2-4,6-7,10H,5,8-9H2,1H3,(H,19,20). The van der Waals surface area contributed by atoms with E-state index >= 15 is 0 Å². The summed E-state index contributed by atoms with van der Waals surface area (Å²) in [4.78, 5) is 15.2. The maximum Gasteiger partial charge on any atom is 0.358 e. The first-order chi connectivity index (χ1) is 10.6. The number of benzene rings is 1. The first-order valence-corrected chi connectivity index (χ1v) is 7.58. The van der Waals surface area contributed by atoms with Crippen molar-refractivity contribution in [2.75, 3.05) is 13.2 Å². The van der Waals surface area contributed by atoms with Crippen LogP contribution in [0.2, 0.25) is 0 Å². The number of halogens is 1. The minimum absolute atomic E-state index is 0.0872. The summed E-state index contributed by atoms with van der Waals surface area (Å²) >= 11 is 3.18. The molecule has 0 saturated heterocycles. The third-order valence-corrected chi connectivity index (χ3v) is 3.28. The molecule has 1 N–H and O–H groups in total. The summed E-state index contributed by atoms with van der Waals surface area (Å²) in [7, 11) is 0. The van der Waals surface area contributed by atoms with Gasteiger partial charge in [-0.3, -0.25) is 0 Å². The fourth-order valence-corrected chi connectivity index (χ4v) is 2.41.